The highest BCUT2D eigenvalue weighted by Crippen LogP contribution is 2.33. The van der Waals surface area contributed by atoms with E-state index in [9.17, 15) is 14.4 Å². The normalized spacial score (nSPS) is 15.7. The first-order chi connectivity index (χ1) is 14.9. The second kappa shape index (κ2) is 8.37. The van der Waals surface area contributed by atoms with Gasteiger partial charge in [0.05, 0.1) is 36.3 Å². The van der Waals surface area contributed by atoms with Gasteiger partial charge in [-0.25, -0.2) is 4.98 Å². The van der Waals surface area contributed by atoms with Crippen molar-refractivity contribution in [1.29, 1.82) is 0 Å². The van der Waals surface area contributed by atoms with Gasteiger partial charge in [0.2, 0.25) is 11.8 Å². The fourth-order valence-electron chi connectivity index (χ4n) is 4.30. The fraction of sp³-hybridized carbons (Fsp3) is 0.391. The largest absolute Gasteiger partial charge is 0.480 e. The third-order valence-electron chi connectivity index (χ3n) is 5.82. The summed E-state index contributed by atoms with van der Waals surface area (Å²) < 4.78 is 5.37. The Morgan fingerprint density at radius 1 is 1.13 bits per heavy atom. The summed E-state index contributed by atoms with van der Waals surface area (Å²) in [6.45, 7) is 3.74. The molecule has 2 heterocycles. The van der Waals surface area contributed by atoms with Gasteiger partial charge < -0.3 is 20.3 Å². The summed E-state index contributed by atoms with van der Waals surface area (Å²) in [5.74, 6) is -0.614. The Hall–Kier alpha value is -3.42. The van der Waals surface area contributed by atoms with Gasteiger partial charge in [-0.1, -0.05) is 18.9 Å². The number of aryl methyl sites for hydroxylation is 1. The van der Waals surface area contributed by atoms with E-state index in [2.05, 4.69) is 15.6 Å². The van der Waals surface area contributed by atoms with Crippen molar-refractivity contribution in [2.45, 2.75) is 52.1 Å². The van der Waals surface area contributed by atoms with E-state index in [1.165, 1.54) is 14.0 Å². The predicted octanol–water partition coefficient (Wildman–Crippen LogP) is 3.51. The smallest absolute Gasteiger partial charge is 0.261 e. The highest BCUT2D eigenvalue weighted by atomic mass is 16.5. The Kier molecular flexibility index (Phi) is 5.63. The van der Waals surface area contributed by atoms with Crippen LogP contribution in [0.4, 0.5) is 11.4 Å². The summed E-state index contributed by atoms with van der Waals surface area (Å²) in [6, 6.07) is 7.14. The summed E-state index contributed by atoms with van der Waals surface area (Å²) in [5, 5.41) is 5.53. The van der Waals surface area contributed by atoms with Crippen molar-refractivity contribution in [3.63, 3.8) is 0 Å². The zero-order valence-electron chi connectivity index (χ0n) is 17.9. The zero-order valence-corrected chi connectivity index (χ0v) is 17.9. The Labute approximate surface area is 181 Å². The average Bonchev–Trinajstić information content (AvgIpc) is 3.37. The van der Waals surface area contributed by atoms with E-state index in [0.29, 0.717) is 29.2 Å². The standard InChI is InChI=1S/C23H26N4O4/c1-13-8-9-18(24-14(2)28)19(10-13)25-21(29)17-11-16-20(26-22(17)31-3)12-27(23(16)30)15-6-4-5-7-15/h8-11,15H,4-7,12H2,1-3H3,(H,24,28)(H,25,29). The second-order valence-corrected chi connectivity index (χ2v) is 8.10. The third kappa shape index (κ3) is 4.10. The summed E-state index contributed by atoms with van der Waals surface area (Å²) in [5.41, 5.74) is 3.14. The van der Waals surface area contributed by atoms with E-state index < -0.39 is 5.91 Å². The lowest BCUT2D eigenvalue weighted by Crippen LogP contribution is -2.33. The van der Waals surface area contributed by atoms with Crippen molar-refractivity contribution in [1.82, 2.24) is 9.88 Å². The van der Waals surface area contributed by atoms with Crippen LogP contribution in [-0.2, 0) is 11.3 Å². The number of benzene rings is 1. The van der Waals surface area contributed by atoms with Gasteiger partial charge in [-0.2, -0.15) is 0 Å². The maximum atomic E-state index is 13.1. The monoisotopic (exact) mass is 422 g/mol. The topological polar surface area (TPSA) is 101 Å². The Bertz CT molecular complexity index is 1060. The minimum absolute atomic E-state index is 0.0828. The fourth-order valence-corrected chi connectivity index (χ4v) is 4.30. The number of fused-ring (bicyclic) bond motifs is 1. The third-order valence-corrected chi connectivity index (χ3v) is 5.82. The first kappa shape index (κ1) is 20.8. The number of methoxy groups -OCH3 is 1. The molecule has 1 aromatic heterocycles. The van der Waals surface area contributed by atoms with Crippen LogP contribution in [0.2, 0.25) is 0 Å². The number of rotatable bonds is 5. The molecule has 1 saturated carbocycles. The highest BCUT2D eigenvalue weighted by Gasteiger charge is 2.36. The van der Waals surface area contributed by atoms with E-state index in [-0.39, 0.29) is 29.3 Å². The molecule has 2 N–H and O–H groups in total. The van der Waals surface area contributed by atoms with Crippen LogP contribution in [-0.4, -0.2) is 40.8 Å². The molecule has 0 bridgehead atoms. The van der Waals surface area contributed by atoms with Gasteiger partial charge in [0.1, 0.15) is 5.56 Å². The van der Waals surface area contributed by atoms with Crippen LogP contribution >= 0.6 is 0 Å². The van der Waals surface area contributed by atoms with Crippen LogP contribution in [0.1, 0.15) is 64.6 Å². The summed E-state index contributed by atoms with van der Waals surface area (Å²) in [6.07, 6.45) is 4.26. The first-order valence-corrected chi connectivity index (χ1v) is 10.5. The molecule has 0 spiro atoms. The number of nitrogens with zero attached hydrogens (tertiary/aromatic N) is 2. The van der Waals surface area contributed by atoms with Gasteiger partial charge in [-0.05, 0) is 43.5 Å². The zero-order chi connectivity index (χ0) is 22.1. The quantitative estimate of drug-likeness (QED) is 0.768. The minimum Gasteiger partial charge on any atom is -0.480 e. The lowest BCUT2D eigenvalue weighted by molar-refractivity contribution is -0.114. The number of hydrogen-bond acceptors (Lipinski definition) is 5. The maximum Gasteiger partial charge on any atom is 0.261 e. The molecule has 4 rings (SSSR count). The molecule has 0 radical (unpaired) electrons. The number of ether oxygens (including phenoxy) is 1. The van der Waals surface area contributed by atoms with Crippen molar-refractivity contribution >= 4 is 29.1 Å². The summed E-state index contributed by atoms with van der Waals surface area (Å²) in [7, 11) is 1.45. The molecule has 0 unspecified atom stereocenters. The number of carbonyl (C=O) groups excluding carboxylic acids is 3. The van der Waals surface area contributed by atoms with E-state index in [1.54, 1.807) is 18.2 Å². The molecule has 0 saturated heterocycles. The summed E-state index contributed by atoms with van der Waals surface area (Å²) >= 11 is 0. The Morgan fingerprint density at radius 2 is 1.87 bits per heavy atom. The van der Waals surface area contributed by atoms with Crippen molar-refractivity contribution in [3.8, 4) is 5.88 Å². The molecule has 2 aromatic rings. The molecule has 8 heteroatoms. The molecule has 2 aliphatic rings. The minimum atomic E-state index is -0.462. The molecule has 162 valence electrons. The van der Waals surface area contributed by atoms with Crippen molar-refractivity contribution < 1.29 is 19.1 Å². The van der Waals surface area contributed by atoms with Gasteiger partial charge in [-0.3, -0.25) is 14.4 Å². The predicted molar refractivity (Wildman–Crippen MR) is 116 cm³/mol. The molecule has 3 amide bonds. The molecule has 1 aromatic carbocycles. The maximum absolute atomic E-state index is 13.1. The molecule has 1 fully saturated rings. The van der Waals surface area contributed by atoms with Crippen LogP contribution in [0.5, 0.6) is 5.88 Å². The molecular weight excluding hydrogens is 396 g/mol. The number of pyridine rings is 1. The van der Waals surface area contributed by atoms with Crippen LogP contribution in [0.3, 0.4) is 0 Å². The van der Waals surface area contributed by atoms with Crippen LogP contribution in [0.15, 0.2) is 24.3 Å². The number of amides is 3. The number of carbonyl (C=O) groups is 3. The molecule has 8 nitrogen and oxygen atoms in total. The van der Waals surface area contributed by atoms with Crippen LogP contribution < -0.4 is 15.4 Å². The molecule has 1 aliphatic carbocycles. The van der Waals surface area contributed by atoms with Gasteiger partial charge in [0.25, 0.3) is 11.8 Å². The highest BCUT2D eigenvalue weighted by molar-refractivity contribution is 6.10. The van der Waals surface area contributed by atoms with E-state index in [1.807, 2.05) is 17.9 Å². The number of anilines is 2. The van der Waals surface area contributed by atoms with E-state index in [0.717, 1.165) is 31.2 Å². The van der Waals surface area contributed by atoms with Gasteiger partial charge in [0.15, 0.2) is 0 Å². The number of hydrogen-bond donors (Lipinski definition) is 2. The van der Waals surface area contributed by atoms with Gasteiger partial charge in [-0.15, -0.1) is 0 Å². The Morgan fingerprint density at radius 3 is 2.55 bits per heavy atom. The number of nitrogens with one attached hydrogen (secondary N) is 2. The molecule has 1 aliphatic heterocycles. The van der Waals surface area contributed by atoms with E-state index in [4.69, 9.17) is 4.74 Å². The molecular formula is C23H26N4O4. The first-order valence-electron chi connectivity index (χ1n) is 10.5. The number of aromatic nitrogens is 1. The van der Waals surface area contributed by atoms with Crippen LogP contribution in [0, 0.1) is 6.92 Å². The molecule has 0 atom stereocenters. The van der Waals surface area contributed by atoms with Crippen molar-refractivity contribution in [2.75, 3.05) is 17.7 Å². The van der Waals surface area contributed by atoms with Crippen molar-refractivity contribution in [3.05, 3.63) is 46.6 Å². The van der Waals surface area contributed by atoms with Crippen molar-refractivity contribution in [2.24, 2.45) is 0 Å². The van der Waals surface area contributed by atoms with Gasteiger partial charge >= 0.3 is 0 Å². The van der Waals surface area contributed by atoms with Crippen LogP contribution in [0.25, 0.3) is 0 Å². The SMILES string of the molecule is COc1nc2c(cc1C(=O)Nc1cc(C)ccc1NC(C)=O)C(=O)N(C1CCCC1)C2. The lowest BCUT2D eigenvalue weighted by atomic mass is 10.1. The average molecular weight is 422 g/mol. The summed E-state index contributed by atoms with van der Waals surface area (Å²) in [4.78, 5) is 44.0. The molecule has 31 heavy (non-hydrogen) atoms. The van der Waals surface area contributed by atoms with E-state index >= 15 is 0 Å². The van der Waals surface area contributed by atoms with Gasteiger partial charge in [0, 0.05) is 13.0 Å². The lowest BCUT2D eigenvalue weighted by Gasteiger charge is -2.22. The Balaban J connectivity index is 1.64. The second-order valence-electron chi connectivity index (χ2n) is 8.10.